The Morgan fingerprint density at radius 3 is 2.34 bits per heavy atom. The van der Waals surface area contributed by atoms with E-state index < -0.39 is 33.6 Å². The van der Waals surface area contributed by atoms with Crippen molar-refractivity contribution >= 4 is 58.0 Å². The van der Waals surface area contributed by atoms with Crippen LogP contribution in [0.15, 0.2) is 30.5 Å². The molecule has 2 aromatic heterocycles. The van der Waals surface area contributed by atoms with Crippen LogP contribution in [0.4, 0.5) is 11.8 Å². The minimum atomic E-state index is -4.37. The summed E-state index contributed by atoms with van der Waals surface area (Å²) in [4.78, 5) is 63.3. The lowest BCUT2D eigenvalue weighted by molar-refractivity contribution is -0.132. The second kappa shape index (κ2) is 23.3. The van der Waals surface area contributed by atoms with Crippen molar-refractivity contribution in [3.05, 3.63) is 36.2 Å². The van der Waals surface area contributed by atoms with Gasteiger partial charge in [-0.25, -0.2) is 4.98 Å². The molecule has 328 valence electrons. The highest BCUT2D eigenvalue weighted by Gasteiger charge is 2.27. The van der Waals surface area contributed by atoms with Crippen molar-refractivity contribution in [2.24, 2.45) is 5.73 Å². The predicted molar refractivity (Wildman–Crippen MR) is 233 cm³/mol. The van der Waals surface area contributed by atoms with Crippen LogP contribution < -0.4 is 27.0 Å². The third kappa shape index (κ3) is 16.8. The summed E-state index contributed by atoms with van der Waals surface area (Å²) in [6.45, 7) is 4.94. The second-order valence-electron chi connectivity index (χ2n) is 15.6. The van der Waals surface area contributed by atoms with E-state index in [2.05, 4.69) is 40.4 Å². The van der Waals surface area contributed by atoms with Gasteiger partial charge < -0.3 is 51.5 Å². The molecule has 19 nitrogen and oxygen atoms in total. The molecule has 10 N–H and O–H groups in total. The monoisotopic (exact) mass is 880 g/mol. The number of hydrogen-bond donors (Lipinski definition) is 9. The molecule has 2 aliphatic rings. The molecule has 0 bridgehead atoms. The van der Waals surface area contributed by atoms with Gasteiger partial charge in [0.25, 0.3) is 0 Å². The SMILES string of the molecule is N[C@@H](CCC(=O)N1CCC(Nc2nc(NCc3cn(CCCNCCCNC4CCCCC4)nn3)nc3ccccc23)CC1)C(=P)N(CCP(=O)(O)O)CCP(=O)(O)O. The second-order valence-corrected chi connectivity index (χ2v) is 19.6. The van der Waals surface area contributed by atoms with E-state index in [9.17, 15) is 33.5 Å². The third-order valence-electron chi connectivity index (χ3n) is 10.8. The van der Waals surface area contributed by atoms with E-state index in [0.29, 0.717) is 55.7 Å². The molecule has 0 radical (unpaired) electrons. The van der Waals surface area contributed by atoms with E-state index >= 15 is 0 Å². The predicted octanol–water partition coefficient (Wildman–Crippen LogP) is 2.57. The van der Waals surface area contributed by atoms with Crippen molar-refractivity contribution in [1.82, 2.24) is 45.4 Å². The van der Waals surface area contributed by atoms with Crippen LogP contribution in [0, 0.1) is 0 Å². The number of hydrogen-bond acceptors (Lipinski definition) is 12. The Kier molecular flexibility index (Phi) is 18.6. The highest BCUT2D eigenvalue weighted by Crippen LogP contribution is 2.36. The lowest BCUT2D eigenvalue weighted by atomic mass is 9.95. The van der Waals surface area contributed by atoms with Crippen molar-refractivity contribution in [3.8, 4) is 0 Å². The van der Waals surface area contributed by atoms with Crippen LogP contribution in [0.3, 0.4) is 0 Å². The van der Waals surface area contributed by atoms with E-state index in [1.165, 1.54) is 37.0 Å². The lowest BCUT2D eigenvalue weighted by Crippen LogP contribution is -2.46. The number of piperidine rings is 1. The molecule has 3 aromatic rings. The smallest absolute Gasteiger partial charge is 0.326 e. The number of likely N-dealkylation sites (tertiary alicyclic amines) is 1. The summed E-state index contributed by atoms with van der Waals surface area (Å²) >= 11 is 0. The van der Waals surface area contributed by atoms with Crippen LogP contribution in [0.1, 0.15) is 76.3 Å². The number of nitrogens with zero attached hydrogens (tertiary/aromatic N) is 7. The van der Waals surface area contributed by atoms with E-state index in [0.717, 1.165) is 55.6 Å². The molecule has 0 spiro atoms. The number of nitrogens with two attached hydrogens (primary N) is 1. The summed E-state index contributed by atoms with van der Waals surface area (Å²) in [5.74, 6) is 1.10. The number of nitrogens with one attached hydrogen (secondary N) is 4. The topological polar surface area (TPSA) is 269 Å². The molecule has 1 aliphatic heterocycles. The normalized spacial score (nSPS) is 16.5. The Hall–Kier alpha value is -2.92. The fraction of sp³-hybridized carbons (Fsp3) is 0.676. The van der Waals surface area contributed by atoms with Crippen LogP contribution in [0.5, 0.6) is 0 Å². The first-order chi connectivity index (χ1) is 28.2. The molecule has 1 amide bonds. The number of benzene rings is 1. The molecular formula is C37H63N12O7P3. The molecular weight excluding hydrogens is 817 g/mol. The highest BCUT2D eigenvalue weighted by atomic mass is 31.2. The summed E-state index contributed by atoms with van der Waals surface area (Å²) in [6, 6.07) is 7.87. The van der Waals surface area contributed by atoms with E-state index in [4.69, 9.17) is 15.7 Å². The van der Waals surface area contributed by atoms with Gasteiger partial charge in [0.2, 0.25) is 11.9 Å². The van der Waals surface area contributed by atoms with Gasteiger partial charge in [0.05, 0.1) is 30.6 Å². The molecule has 1 saturated carbocycles. The number of rotatable bonds is 25. The van der Waals surface area contributed by atoms with Gasteiger partial charge in [-0.1, -0.05) is 36.6 Å². The Balaban J connectivity index is 1.03. The Morgan fingerprint density at radius 1 is 0.932 bits per heavy atom. The number of aromatic nitrogens is 5. The van der Waals surface area contributed by atoms with E-state index in [-0.39, 0.29) is 37.9 Å². The number of aryl methyl sites for hydroxylation is 1. The highest BCUT2D eigenvalue weighted by molar-refractivity contribution is 7.52. The van der Waals surface area contributed by atoms with Gasteiger partial charge in [-0.05, 0) is 76.7 Å². The van der Waals surface area contributed by atoms with Crippen molar-refractivity contribution < 1.29 is 33.5 Å². The van der Waals surface area contributed by atoms with Gasteiger partial charge in [0.1, 0.15) is 11.5 Å². The molecule has 1 aliphatic carbocycles. The molecule has 3 heterocycles. The van der Waals surface area contributed by atoms with Crippen LogP contribution >= 0.6 is 24.1 Å². The van der Waals surface area contributed by atoms with Crippen molar-refractivity contribution in [2.75, 3.05) is 68.8 Å². The Morgan fingerprint density at radius 2 is 1.63 bits per heavy atom. The molecule has 1 saturated heterocycles. The third-order valence-corrected chi connectivity index (χ3v) is 13.1. The summed E-state index contributed by atoms with van der Waals surface area (Å²) in [7, 11) is -5.31. The number of fused-ring (bicyclic) bond motifs is 1. The Bertz CT molecular complexity index is 1860. The van der Waals surface area contributed by atoms with Gasteiger partial charge in [-0.3, -0.25) is 23.5 Å². The minimum absolute atomic E-state index is 0.0684. The number of carbonyl (C=O) groups excluding carboxylic acids is 1. The van der Waals surface area contributed by atoms with E-state index in [1.807, 2.05) is 35.1 Å². The number of amides is 1. The molecule has 59 heavy (non-hydrogen) atoms. The molecule has 1 aromatic carbocycles. The van der Waals surface area contributed by atoms with E-state index in [1.54, 1.807) is 4.90 Å². The standard InChI is InChI=1S/C37H63N12O7P3/c38-32(36(57)48(22-24-58(51,52)53)23-25-59(54,55)56)12-13-34(50)47-20-14-29(15-21-47)42-35-31-10-4-5-11-33(31)43-37(44-35)41-26-30-27-49(46-45-30)19-7-17-39-16-6-18-40-28-8-2-1-3-9-28/h4-5,10-11,27-29,32,39-40,57H,1-3,6-9,12-26,38H2,(H2,51,52,53)(H2,54,55,56)(H2,41,42,43,44)/t32-/m0/s1. The zero-order chi connectivity index (χ0) is 42.3. The molecule has 2 fully saturated rings. The first-order valence-electron chi connectivity index (χ1n) is 20.8. The summed E-state index contributed by atoms with van der Waals surface area (Å²) < 4.78 is 24.8. The zero-order valence-corrected chi connectivity index (χ0v) is 36.6. The summed E-state index contributed by atoms with van der Waals surface area (Å²) in [5, 5.41) is 23.7. The quantitative estimate of drug-likeness (QED) is 0.0437. The van der Waals surface area contributed by atoms with Gasteiger partial charge in [0.15, 0.2) is 0 Å². The average molecular weight is 881 g/mol. The fourth-order valence-corrected chi connectivity index (χ4v) is 8.78. The maximum absolute atomic E-state index is 13.2. The van der Waals surface area contributed by atoms with Crippen LogP contribution in [0.25, 0.3) is 10.9 Å². The van der Waals surface area contributed by atoms with Gasteiger partial charge in [-0.2, -0.15) is 4.98 Å². The largest absolute Gasteiger partial charge is 0.367 e. The maximum Gasteiger partial charge on any atom is 0.326 e. The first kappa shape index (κ1) is 47.1. The number of carbonyl (C=O) groups is 1. The molecule has 22 heteroatoms. The number of anilines is 2. The van der Waals surface area contributed by atoms with Crippen molar-refractivity contribution in [2.45, 2.75) is 102 Å². The van der Waals surface area contributed by atoms with Crippen LogP contribution in [-0.2, 0) is 27.0 Å². The van der Waals surface area contributed by atoms with Gasteiger partial charge in [0, 0.05) is 68.1 Å². The summed E-state index contributed by atoms with van der Waals surface area (Å²) in [5.41, 5.74) is 8.23. The first-order valence-corrected chi connectivity index (χ1v) is 24.9. The van der Waals surface area contributed by atoms with Crippen molar-refractivity contribution in [1.29, 1.82) is 0 Å². The van der Waals surface area contributed by atoms with Gasteiger partial charge >= 0.3 is 15.2 Å². The Labute approximate surface area is 348 Å². The molecule has 5 rings (SSSR count). The fourth-order valence-electron chi connectivity index (χ4n) is 7.41. The lowest BCUT2D eigenvalue weighted by Gasteiger charge is -2.33. The van der Waals surface area contributed by atoms with Gasteiger partial charge in [-0.15, -0.1) is 14.0 Å². The number of para-hydroxylation sites is 1. The molecule has 1 atom stereocenters. The average Bonchev–Trinajstić information content (AvgIpc) is 3.67. The maximum atomic E-state index is 13.2. The summed E-state index contributed by atoms with van der Waals surface area (Å²) in [6.07, 6.45) is 11.5. The van der Waals surface area contributed by atoms with Crippen molar-refractivity contribution in [3.63, 3.8) is 0 Å². The zero-order valence-electron chi connectivity index (χ0n) is 33.8. The molecule has 0 unspecified atom stereocenters. The van der Waals surface area contributed by atoms with Crippen LogP contribution in [0.2, 0.25) is 0 Å². The minimum Gasteiger partial charge on any atom is -0.367 e. The van der Waals surface area contributed by atoms with Crippen LogP contribution in [-0.4, -0.2) is 142 Å².